The van der Waals surface area contributed by atoms with Crippen LogP contribution in [-0.4, -0.2) is 12.6 Å². The Hall–Kier alpha value is -1.16. The number of halogens is 2. The lowest BCUT2D eigenvalue weighted by molar-refractivity contribution is 0.0895. The average molecular weight is 229 g/mol. The van der Waals surface area contributed by atoms with Gasteiger partial charge < -0.3 is 10.5 Å². The fraction of sp³-hybridized carbons (Fsp3) is 0.500. The Kier molecular flexibility index (Phi) is 3.86. The first-order chi connectivity index (χ1) is 7.34. The summed E-state index contributed by atoms with van der Waals surface area (Å²) in [6.07, 6.45) is -0.358. The third-order valence-electron chi connectivity index (χ3n) is 2.34. The van der Waals surface area contributed by atoms with Gasteiger partial charge in [0.15, 0.2) is 11.6 Å². The summed E-state index contributed by atoms with van der Waals surface area (Å²) < 4.78 is 31.6. The molecule has 1 aromatic carbocycles. The van der Waals surface area contributed by atoms with Crippen molar-refractivity contribution in [1.29, 1.82) is 0 Å². The van der Waals surface area contributed by atoms with Gasteiger partial charge in [-0.05, 0) is 12.1 Å². The van der Waals surface area contributed by atoms with Crippen molar-refractivity contribution >= 4 is 0 Å². The highest BCUT2D eigenvalue weighted by Crippen LogP contribution is 2.26. The molecule has 1 rings (SSSR count). The molecule has 0 saturated carbocycles. The summed E-state index contributed by atoms with van der Waals surface area (Å²) in [7, 11) is 0. The lowest BCUT2D eigenvalue weighted by Crippen LogP contribution is -2.39. The highest BCUT2D eigenvalue weighted by atomic mass is 19.1. The van der Waals surface area contributed by atoms with Crippen LogP contribution in [-0.2, 0) is 0 Å². The predicted octanol–water partition coefficient (Wildman–Crippen LogP) is 2.72. The van der Waals surface area contributed by atoms with Gasteiger partial charge in [0.2, 0.25) is 0 Å². The minimum atomic E-state index is -0.580. The minimum Gasteiger partial charge on any atom is -0.485 e. The lowest BCUT2D eigenvalue weighted by Gasteiger charge is -2.30. The topological polar surface area (TPSA) is 35.2 Å². The van der Waals surface area contributed by atoms with Gasteiger partial charge in [0.1, 0.15) is 11.9 Å². The minimum absolute atomic E-state index is 0.0922. The van der Waals surface area contributed by atoms with Crippen molar-refractivity contribution in [3.63, 3.8) is 0 Å². The molecule has 0 bridgehead atoms. The molecule has 2 nitrogen and oxygen atoms in total. The lowest BCUT2D eigenvalue weighted by atomic mass is 9.89. The highest BCUT2D eigenvalue weighted by molar-refractivity contribution is 5.25. The van der Waals surface area contributed by atoms with Crippen LogP contribution in [0.2, 0.25) is 0 Å². The van der Waals surface area contributed by atoms with Crippen LogP contribution in [0.5, 0.6) is 5.75 Å². The Morgan fingerprint density at radius 2 is 1.94 bits per heavy atom. The second-order valence-corrected chi connectivity index (χ2v) is 4.78. The van der Waals surface area contributed by atoms with Gasteiger partial charge in [0, 0.05) is 18.0 Å². The molecule has 0 fully saturated rings. The number of hydrogen-bond donors (Lipinski definition) is 1. The largest absolute Gasteiger partial charge is 0.485 e. The first-order valence-electron chi connectivity index (χ1n) is 5.16. The fourth-order valence-corrected chi connectivity index (χ4v) is 1.30. The molecule has 0 spiro atoms. The SMILES string of the molecule is CC(C)(C)C(CN)Oc1cc(F)ccc1F. The summed E-state index contributed by atoms with van der Waals surface area (Å²) in [6, 6.07) is 3.13. The summed E-state index contributed by atoms with van der Waals surface area (Å²) in [5.41, 5.74) is 5.33. The Morgan fingerprint density at radius 3 is 2.44 bits per heavy atom. The van der Waals surface area contributed by atoms with Crippen molar-refractivity contribution in [3.05, 3.63) is 29.8 Å². The van der Waals surface area contributed by atoms with Crippen molar-refractivity contribution in [1.82, 2.24) is 0 Å². The zero-order chi connectivity index (χ0) is 12.3. The smallest absolute Gasteiger partial charge is 0.165 e. The Balaban J connectivity index is 2.90. The molecule has 0 aromatic heterocycles. The number of nitrogens with two attached hydrogens (primary N) is 1. The molecule has 1 unspecified atom stereocenters. The van der Waals surface area contributed by atoms with Crippen molar-refractivity contribution in [2.24, 2.45) is 11.1 Å². The summed E-state index contributed by atoms with van der Waals surface area (Å²) in [6.45, 7) is 6.05. The van der Waals surface area contributed by atoms with Gasteiger partial charge in [-0.2, -0.15) is 0 Å². The van der Waals surface area contributed by atoms with Gasteiger partial charge in [0.05, 0.1) is 0 Å². The van der Waals surface area contributed by atoms with Crippen molar-refractivity contribution in [2.45, 2.75) is 26.9 Å². The van der Waals surface area contributed by atoms with E-state index in [9.17, 15) is 8.78 Å². The van der Waals surface area contributed by atoms with Crippen LogP contribution in [0.4, 0.5) is 8.78 Å². The van der Waals surface area contributed by atoms with Crippen molar-refractivity contribution in [3.8, 4) is 5.75 Å². The maximum absolute atomic E-state index is 13.3. The third kappa shape index (κ3) is 3.17. The van der Waals surface area contributed by atoms with Crippen LogP contribution in [0.25, 0.3) is 0 Å². The molecule has 1 atom stereocenters. The van der Waals surface area contributed by atoms with Gasteiger partial charge in [-0.25, -0.2) is 8.78 Å². The van der Waals surface area contributed by atoms with Gasteiger partial charge >= 0.3 is 0 Å². The molecule has 0 aliphatic rings. The Labute approximate surface area is 94.4 Å². The van der Waals surface area contributed by atoms with Crippen LogP contribution in [0.15, 0.2) is 18.2 Å². The van der Waals surface area contributed by atoms with Gasteiger partial charge in [0.25, 0.3) is 0 Å². The first-order valence-corrected chi connectivity index (χ1v) is 5.16. The van der Waals surface area contributed by atoms with E-state index in [1.54, 1.807) is 0 Å². The molecule has 0 heterocycles. The maximum atomic E-state index is 13.3. The predicted molar refractivity (Wildman–Crippen MR) is 59.3 cm³/mol. The summed E-state index contributed by atoms with van der Waals surface area (Å²) >= 11 is 0. The number of benzene rings is 1. The Bertz CT molecular complexity index is 361. The molecular formula is C12H17F2NO. The van der Waals surface area contributed by atoms with Crippen LogP contribution < -0.4 is 10.5 Å². The zero-order valence-electron chi connectivity index (χ0n) is 9.76. The second-order valence-electron chi connectivity index (χ2n) is 4.78. The Morgan fingerprint density at radius 1 is 1.31 bits per heavy atom. The molecule has 0 aliphatic heterocycles. The molecule has 16 heavy (non-hydrogen) atoms. The van der Waals surface area contributed by atoms with E-state index in [0.29, 0.717) is 0 Å². The summed E-state index contributed by atoms with van der Waals surface area (Å²) in [5.74, 6) is -1.20. The monoisotopic (exact) mass is 229 g/mol. The first kappa shape index (κ1) is 12.9. The maximum Gasteiger partial charge on any atom is 0.165 e. The second kappa shape index (κ2) is 4.78. The third-order valence-corrected chi connectivity index (χ3v) is 2.34. The van der Waals surface area contributed by atoms with E-state index in [2.05, 4.69) is 0 Å². The van der Waals surface area contributed by atoms with Crippen molar-refractivity contribution < 1.29 is 13.5 Å². The van der Waals surface area contributed by atoms with E-state index < -0.39 is 11.6 Å². The molecule has 0 aliphatic carbocycles. The van der Waals surface area contributed by atoms with Crippen LogP contribution in [0, 0.1) is 17.0 Å². The number of rotatable bonds is 3. The quantitative estimate of drug-likeness (QED) is 0.864. The highest BCUT2D eigenvalue weighted by Gasteiger charge is 2.26. The molecule has 0 amide bonds. The fourth-order valence-electron chi connectivity index (χ4n) is 1.30. The van der Waals surface area contributed by atoms with Crippen LogP contribution in [0.1, 0.15) is 20.8 Å². The molecule has 90 valence electrons. The number of hydrogen-bond acceptors (Lipinski definition) is 2. The van der Waals surface area contributed by atoms with E-state index in [1.807, 2.05) is 20.8 Å². The molecule has 0 radical (unpaired) electrons. The van der Waals surface area contributed by atoms with Gasteiger partial charge in [-0.15, -0.1) is 0 Å². The van der Waals surface area contributed by atoms with E-state index >= 15 is 0 Å². The summed E-state index contributed by atoms with van der Waals surface area (Å²) in [4.78, 5) is 0. The summed E-state index contributed by atoms with van der Waals surface area (Å²) in [5, 5.41) is 0. The normalized spacial score (nSPS) is 13.6. The van der Waals surface area contributed by atoms with Crippen molar-refractivity contribution in [2.75, 3.05) is 6.54 Å². The van der Waals surface area contributed by atoms with Gasteiger partial charge in [-0.3, -0.25) is 0 Å². The molecular weight excluding hydrogens is 212 g/mol. The zero-order valence-corrected chi connectivity index (χ0v) is 9.76. The van der Waals surface area contributed by atoms with E-state index in [0.717, 1.165) is 18.2 Å². The van der Waals surface area contributed by atoms with E-state index in [-0.39, 0.29) is 23.8 Å². The molecule has 4 heteroatoms. The van der Waals surface area contributed by atoms with Crippen LogP contribution in [0.3, 0.4) is 0 Å². The standard InChI is InChI=1S/C12H17F2NO/c1-12(2,3)11(7-15)16-10-6-8(13)4-5-9(10)14/h4-6,11H,7,15H2,1-3H3. The van der Waals surface area contributed by atoms with Gasteiger partial charge in [-0.1, -0.05) is 20.8 Å². The molecule has 1 aromatic rings. The van der Waals surface area contributed by atoms with Crippen LogP contribution >= 0.6 is 0 Å². The van der Waals surface area contributed by atoms with E-state index in [4.69, 9.17) is 10.5 Å². The average Bonchev–Trinajstić information content (AvgIpc) is 2.17. The molecule has 2 N–H and O–H groups in total. The van der Waals surface area contributed by atoms with E-state index in [1.165, 1.54) is 0 Å². The molecule has 0 saturated heterocycles. The number of ether oxygens (including phenoxy) is 1.